The Morgan fingerprint density at radius 1 is 1.04 bits per heavy atom. The summed E-state index contributed by atoms with van der Waals surface area (Å²) in [4.78, 5) is 18.7. The Hall–Kier alpha value is -1.65. The van der Waals surface area contributed by atoms with Crippen LogP contribution in [0.4, 0.5) is 0 Å². The van der Waals surface area contributed by atoms with E-state index in [0.717, 1.165) is 31.6 Å². The molecule has 4 heteroatoms. The molecule has 0 spiro atoms. The van der Waals surface area contributed by atoms with Crippen LogP contribution in [0.3, 0.4) is 0 Å². The van der Waals surface area contributed by atoms with Crippen molar-refractivity contribution >= 4 is 17.2 Å². The molecule has 0 N–H and O–H groups in total. The third-order valence-electron chi connectivity index (χ3n) is 5.03. The fourth-order valence-electron chi connectivity index (χ4n) is 3.79. The van der Waals surface area contributed by atoms with Crippen molar-refractivity contribution in [1.29, 1.82) is 0 Å². The summed E-state index contributed by atoms with van der Waals surface area (Å²) in [6.45, 7) is 4.14. The van der Waals surface area contributed by atoms with Gasteiger partial charge in [0.05, 0.1) is 0 Å². The maximum Gasteiger partial charge on any atom is 0.253 e. The molecule has 0 saturated carbocycles. The Morgan fingerprint density at radius 3 is 2.65 bits per heavy atom. The van der Waals surface area contributed by atoms with Crippen LogP contribution in [0.15, 0.2) is 41.8 Å². The largest absolute Gasteiger partial charge is 0.337 e. The molecule has 120 valence electrons. The molecule has 0 aliphatic carbocycles. The number of carbonyl (C=O) groups is 1. The molecule has 3 heterocycles. The van der Waals surface area contributed by atoms with E-state index in [-0.39, 0.29) is 5.91 Å². The van der Waals surface area contributed by atoms with Crippen molar-refractivity contribution < 1.29 is 4.79 Å². The monoisotopic (exact) mass is 326 g/mol. The van der Waals surface area contributed by atoms with Crippen molar-refractivity contribution in [1.82, 2.24) is 9.80 Å². The first kappa shape index (κ1) is 14.9. The smallest absolute Gasteiger partial charge is 0.253 e. The van der Waals surface area contributed by atoms with E-state index in [2.05, 4.69) is 39.4 Å². The third kappa shape index (κ3) is 3.06. The zero-order chi connectivity index (χ0) is 15.6. The van der Waals surface area contributed by atoms with Gasteiger partial charge in [-0.05, 0) is 54.9 Å². The van der Waals surface area contributed by atoms with E-state index in [4.69, 9.17) is 0 Å². The van der Waals surface area contributed by atoms with Crippen molar-refractivity contribution in [2.75, 3.05) is 26.2 Å². The van der Waals surface area contributed by atoms with E-state index in [9.17, 15) is 4.79 Å². The highest BCUT2D eigenvalue weighted by molar-refractivity contribution is 7.13. The zero-order valence-electron chi connectivity index (χ0n) is 13.3. The lowest BCUT2D eigenvalue weighted by molar-refractivity contribution is 0.0743. The Morgan fingerprint density at radius 2 is 1.87 bits per heavy atom. The van der Waals surface area contributed by atoms with Crippen LogP contribution in [0.5, 0.6) is 0 Å². The van der Waals surface area contributed by atoms with Crippen LogP contribution in [0.1, 0.15) is 29.6 Å². The Kier molecular flexibility index (Phi) is 4.19. The van der Waals surface area contributed by atoms with Crippen LogP contribution >= 0.6 is 11.3 Å². The number of nitrogens with zero attached hydrogens (tertiary/aromatic N) is 2. The van der Waals surface area contributed by atoms with E-state index in [1.165, 1.54) is 29.8 Å². The summed E-state index contributed by atoms with van der Waals surface area (Å²) in [6, 6.07) is 12.8. The molecule has 1 aromatic heterocycles. The number of fused-ring (bicyclic) bond motifs is 1. The minimum Gasteiger partial charge on any atom is -0.337 e. The van der Waals surface area contributed by atoms with E-state index < -0.39 is 0 Å². The highest BCUT2D eigenvalue weighted by atomic mass is 32.1. The molecular formula is C19H22N2OS. The minimum atomic E-state index is 0.191. The first-order valence-corrected chi connectivity index (χ1v) is 9.36. The summed E-state index contributed by atoms with van der Waals surface area (Å²) in [5, 5.41) is 2.08. The van der Waals surface area contributed by atoms with Crippen molar-refractivity contribution in [3.05, 3.63) is 47.3 Å². The number of benzene rings is 1. The van der Waals surface area contributed by atoms with Gasteiger partial charge in [-0.2, -0.15) is 0 Å². The lowest BCUT2D eigenvalue weighted by Crippen LogP contribution is -2.39. The number of hydrogen-bond donors (Lipinski definition) is 0. The van der Waals surface area contributed by atoms with Crippen LogP contribution in [0, 0.1) is 0 Å². The quantitative estimate of drug-likeness (QED) is 0.839. The van der Waals surface area contributed by atoms with E-state index in [1.807, 2.05) is 12.1 Å². The molecule has 2 aliphatic rings. The second-order valence-electron chi connectivity index (χ2n) is 6.49. The normalized spacial score (nSPS) is 21.9. The molecule has 4 rings (SSSR count). The highest BCUT2D eigenvalue weighted by Gasteiger charge is 2.30. The molecule has 3 nitrogen and oxygen atoms in total. The van der Waals surface area contributed by atoms with Crippen molar-refractivity contribution in [2.45, 2.75) is 25.3 Å². The molecule has 2 fully saturated rings. The van der Waals surface area contributed by atoms with Gasteiger partial charge >= 0.3 is 0 Å². The molecule has 1 amide bonds. The number of hydrogen-bond acceptors (Lipinski definition) is 3. The van der Waals surface area contributed by atoms with E-state index in [0.29, 0.717) is 6.04 Å². The number of thiophene rings is 1. The summed E-state index contributed by atoms with van der Waals surface area (Å²) < 4.78 is 0. The van der Waals surface area contributed by atoms with Gasteiger partial charge in [-0.25, -0.2) is 0 Å². The van der Waals surface area contributed by atoms with Gasteiger partial charge in [-0.3, -0.25) is 9.69 Å². The molecule has 0 bridgehead atoms. The standard InChI is InChI=1S/C19H22N2OS/c22-19(21-12-3-11-20-10-1-4-17(20)14-21)16-8-6-15(7-9-16)18-5-2-13-23-18/h2,5-9,13,17H,1,3-4,10-12,14H2/t17-/m0/s1. The molecule has 1 atom stereocenters. The topological polar surface area (TPSA) is 23.6 Å². The summed E-state index contributed by atoms with van der Waals surface area (Å²) in [6.07, 6.45) is 3.61. The van der Waals surface area contributed by atoms with Crippen molar-refractivity contribution in [3.8, 4) is 10.4 Å². The van der Waals surface area contributed by atoms with Gasteiger partial charge in [-0.1, -0.05) is 18.2 Å². The van der Waals surface area contributed by atoms with Crippen molar-refractivity contribution in [3.63, 3.8) is 0 Å². The predicted molar refractivity (Wildman–Crippen MR) is 94.9 cm³/mol. The van der Waals surface area contributed by atoms with Gasteiger partial charge in [0.1, 0.15) is 0 Å². The van der Waals surface area contributed by atoms with Gasteiger partial charge in [0.25, 0.3) is 5.91 Å². The number of rotatable bonds is 2. The van der Waals surface area contributed by atoms with E-state index >= 15 is 0 Å². The highest BCUT2D eigenvalue weighted by Crippen LogP contribution is 2.26. The van der Waals surface area contributed by atoms with Crippen molar-refractivity contribution in [2.24, 2.45) is 0 Å². The average molecular weight is 326 g/mol. The molecule has 2 saturated heterocycles. The Labute approximate surface area is 141 Å². The van der Waals surface area contributed by atoms with Crippen LogP contribution in [0.25, 0.3) is 10.4 Å². The summed E-state index contributed by atoms with van der Waals surface area (Å²) in [7, 11) is 0. The molecule has 23 heavy (non-hydrogen) atoms. The first-order valence-electron chi connectivity index (χ1n) is 8.48. The fourth-order valence-corrected chi connectivity index (χ4v) is 4.53. The van der Waals surface area contributed by atoms with Crippen LogP contribution in [-0.4, -0.2) is 47.9 Å². The molecular weight excluding hydrogens is 304 g/mol. The second-order valence-corrected chi connectivity index (χ2v) is 7.44. The number of carbonyl (C=O) groups excluding carboxylic acids is 1. The minimum absolute atomic E-state index is 0.191. The van der Waals surface area contributed by atoms with Crippen LogP contribution in [0.2, 0.25) is 0 Å². The van der Waals surface area contributed by atoms with Crippen LogP contribution in [-0.2, 0) is 0 Å². The fraction of sp³-hybridized carbons (Fsp3) is 0.421. The van der Waals surface area contributed by atoms with Gasteiger partial charge in [0.2, 0.25) is 0 Å². The lowest BCUT2D eigenvalue weighted by atomic mass is 10.1. The van der Waals surface area contributed by atoms with E-state index in [1.54, 1.807) is 11.3 Å². The Bertz CT molecular complexity index is 665. The SMILES string of the molecule is O=C(c1ccc(-c2cccs2)cc1)N1CCCN2CCC[C@H]2C1. The number of amides is 1. The average Bonchev–Trinajstić information content (AvgIpc) is 3.23. The zero-order valence-corrected chi connectivity index (χ0v) is 14.1. The third-order valence-corrected chi connectivity index (χ3v) is 5.95. The maximum absolute atomic E-state index is 12.8. The summed E-state index contributed by atoms with van der Waals surface area (Å²) in [5.41, 5.74) is 2.01. The summed E-state index contributed by atoms with van der Waals surface area (Å²) in [5.74, 6) is 0.191. The van der Waals surface area contributed by atoms with Gasteiger partial charge < -0.3 is 4.90 Å². The summed E-state index contributed by atoms with van der Waals surface area (Å²) >= 11 is 1.73. The first-order chi connectivity index (χ1) is 11.3. The molecule has 2 aliphatic heterocycles. The maximum atomic E-state index is 12.8. The molecule has 0 radical (unpaired) electrons. The van der Waals surface area contributed by atoms with Gasteiger partial charge in [-0.15, -0.1) is 11.3 Å². The van der Waals surface area contributed by atoms with Crippen LogP contribution < -0.4 is 0 Å². The second kappa shape index (κ2) is 6.46. The lowest BCUT2D eigenvalue weighted by Gasteiger charge is -2.25. The van der Waals surface area contributed by atoms with Gasteiger partial charge in [0.15, 0.2) is 0 Å². The molecule has 2 aromatic rings. The Balaban J connectivity index is 1.49. The molecule has 0 unspecified atom stereocenters. The molecule has 1 aromatic carbocycles. The van der Waals surface area contributed by atoms with Gasteiger partial charge in [0, 0.05) is 36.1 Å². The predicted octanol–water partition coefficient (Wildman–Crippen LogP) is 3.73.